The Labute approximate surface area is 109 Å². The molecule has 1 aromatic rings. The molecule has 102 valence electrons. The highest BCUT2D eigenvalue weighted by molar-refractivity contribution is 5.33. The molecule has 0 radical (unpaired) electrons. The average molecular weight is 253 g/mol. The first-order chi connectivity index (χ1) is 8.74. The number of benzene rings is 1. The maximum Gasteiger partial charge on any atom is 0.122 e. The third kappa shape index (κ3) is 6.00. The summed E-state index contributed by atoms with van der Waals surface area (Å²) in [6.07, 6.45) is 0.820. The second-order valence-electron chi connectivity index (χ2n) is 4.24. The lowest BCUT2D eigenvalue weighted by molar-refractivity contribution is 0.0542. The quantitative estimate of drug-likeness (QED) is 0.679. The van der Waals surface area contributed by atoms with Crippen LogP contribution < -0.4 is 10.5 Å². The van der Waals surface area contributed by atoms with Gasteiger partial charge in [-0.25, -0.2) is 0 Å². The fraction of sp³-hybridized carbons (Fsp3) is 0.571. The summed E-state index contributed by atoms with van der Waals surface area (Å²) < 4.78 is 15.9. The van der Waals surface area contributed by atoms with Crippen molar-refractivity contribution in [3.05, 3.63) is 29.8 Å². The molecule has 0 saturated heterocycles. The van der Waals surface area contributed by atoms with Crippen LogP contribution in [0, 0.1) is 0 Å². The number of para-hydroxylation sites is 1. The van der Waals surface area contributed by atoms with Crippen LogP contribution in [0.1, 0.15) is 12.5 Å². The zero-order valence-corrected chi connectivity index (χ0v) is 11.2. The van der Waals surface area contributed by atoms with Gasteiger partial charge in [0.25, 0.3) is 0 Å². The van der Waals surface area contributed by atoms with Gasteiger partial charge in [-0.3, -0.25) is 0 Å². The van der Waals surface area contributed by atoms with E-state index in [1.165, 1.54) is 0 Å². The molecular weight excluding hydrogens is 230 g/mol. The molecule has 1 atom stereocenters. The minimum atomic E-state index is 0.132. The Kier molecular flexibility index (Phi) is 7.41. The van der Waals surface area contributed by atoms with E-state index in [0.29, 0.717) is 26.4 Å². The largest absolute Gasteiger partial charge is 0.491 e. The zero-order valence-electron chi connectivity index (χ0n) is 11.2. The van der Waals surface area contributed by atoms with Crippen molar-refractivity contribution in [3.63, 3.8) is 0 Å². The fourth-order valence-electron chi connectivity index (χ4n) is 1.62. The Morgan fingerprint density at radius 2 is 1.83 bits per heavy atom. The van der Waals surface area contributed by atoms with Crippen LogP contribution in [0.2, 0.25) is 0 Å². The second kappa shape index (κ2) is 8.91. The summed E-state index contributed by atoms with van der Waals surface area (Å²) in [6.45, 7) is 4.31. The smallest absolute Gasteiger partial charge is 0.122 e. The normalized spacial score (nSPS) is 12.4. The lowest BCUT2D eigenvalue weighted by Gasteiger charge is -2.13. The first kappa shape index (κ1) is 15.0. The van der Waals surface area contributed by atoms with E-state index in [1.54, 1.807) is 7.11 Å². The standard InChI is InChI=1S/C14H23NO3/c1-12(15)11-13-5-3-4-6-14(13)18-10-9-17-8-7-16-2/h3-6,12H,7-11,15H2,1-2H3. The van der Waals surface area contributed by atoms with Gasteiger partial charge in [-0.2, -0.15) is 0 Å². The van der Waals surface area contributed by atoms with E-state index in [1.807, 2.05) is 31.2 Å². The third-order valence-corrected chi connectivity index (χ3v) is 2.43. The van der Waals surface area contributed by atoms with E-state index in [-0.39, 0.29) is 6.04 Å². The molecular formula is C14H23NO3. The molecule has 0 amide bonds. The van der Waals surface area contributed by atoms with Gasteiger partial charge in [0.2, 0.25) is 0 Å². The molecule has 1 unspecified atom stereocenters. The molecule has 0 fully saturated rings. The van der Waals surface area contributed by atoms with E-state index in [0.717, 1.165) is 17.7 Å². The van der Waals surface area contributed by atoms with Gasteiger partial charge in [-0.05, 0) is 25.0 Å². The van der Waals surface area contributed by atoms with Crippen LogP contribution in [0.4, 0.5) is 0 Å². The SMILES string of the molecule is COCCOCCOc1ccccc1CC(C)N. The Morgan fingerprint density at radius 1 is 1.11 bits per heavy atom. The average Bonchev–Trinajstić information content (AvgIpc) is 2.35. The molecule has 4 heteroatoms. The van der Waals surface area contributed by atoms with Crippen molar-refractivity contribution >= 4 is 0 Å². The Hall–Kier alpha value is -1.10. The summed E-state index contributed by atoms with van der Waals surface area (Å²) in [5.41, 5.74) is 6.95. The van der Waals surface area contributed by atoms with E-state index < -0.39 is 0 Å². The highest BCUT2D eigenvalue weighted by Gasteiger charge is 2.05. The Balaban J connectivity index is 2.32. The van der Waals surface area contributed by atoms with Crippen LogP contribution >= 0.6 is 0 Å². The molecule has 0 aliphatic heterocycles. The highest BCUT2D eigenvalue weighted by atomic mass is 16.5. The molecule has 1 aromatic carbocycles. The van der Waals surface area contributed by atoms with Gasteiger partial charge < -0.3 is 19.9 Å². The molecule has 0 bridgehead atoms. The van der Waals surface area contributed by atoms with Gasteiger partial charge in [0.05, 0.1) is 19.8 Å². The van der Waals surface area contributed by atoms with E-state index in [2.05, 4.69) is 0 Å². The Bertz CT molecular complexity index is 329. The minimum Gasteiger partial charge on any atom is -0.491 e. The highest BCUT2D eigenvalue weighted by Crippen LogP contribution is 2.19. The fourth-order valence-corrected chi connectivity index (χ4v) is 1.62. The summed E-state index contributed by atoms with van der Waals surface area (Å²) in [4.78, 5) is 0. The molecule has 0 aromatic heterocycles. The van der Waals surface area contributed by atoms with Crippen LogP contribution in [0.5, 0.6) is 5.75 Å². The zero-order chi connectivity index (χ0) is 13.2. The van der Waals surface area contributed by atoms with Gasteiger partial charge in [-0.1, -0.05) is 18.2 Å². The van der Waals surface area contributed by atoms with Crippen molar-refractivity contribution in [2.45, 2.75) is 19.4 Å². The van der Waals surface area contributed by atoms with E-state index in [9.17, 15) is 0 Å². The summed E-state index contributed by atoms with van der Waals surface area (Å²) >= 11 is 0. The molecule has 0 saturated carbocycles. The van der Waals surface area contributed by atoms with Crippen LogP contribution in [0.25, 0.3) is 0 Å². The van der Waals surface area contributed by atoms with E-state index in [4.69, 9.17) is 19.9 Å². The lowest BCUT2D eigenvalue weighted by atomic mass is 10.1. The number of nitrogens with two attached hydrogens (primary N) is 1. The molecule has 0 heterocycles. The molecule has 0 aliphatic rings. The molecule has 1 rings (SSSR count). The van der Waals surface area contributed by atoms with Gasteiger partial charge in [0, 0.05) is 13.2 Å². The first-order valence-electron chi connectivity index (χ1n) is 6.27. The number of ether oxygens (including phenoxy) is 3. The summed E-state index contributed by atoms with van der Waals surface area (Å²) in [7, 11) is 1.66. The second-order valence-corrected chi connectivity index (χ2v) is 4.24. The summed E-state index contributed by atoms with van der Waals surface area (Å²) in [5.74, 6) is 0.894. The van der Waals surface area contributed by atoms with Crippen molar-refractivity contribution in [1.82, 2.24) is 0 Å². The molecule has 18 heavy (non-hydrogen) atoms. The third-order valence-electron chi connectivity index (χ3n) is 2.43. The van der Waals surface area contributed by atoms with Crippen molar-refractivity contribution in [2.75, 3.05) is 33.5 Å². The van der Waals surface area contributed by atoms with Crippen LogP contribution in [0.15, 0.2) is 24.3 Å². The van der Waals surface area contributed by atoms with E-state index >= 15 is 0 Å². The molecule has 0 spiro atoms. The summed E-state index contributed by atoms with van der Waals surface area (Å²) in [5, 5.41) is 0. The number of methoxy groups -OCH3 is 1. The van der Waals surface area contributed by atoms with Gasteiger partial charge in [0.15, 0.2) is 0 Å². The number of hydrogen-bond acceptors (Lipinski definition) is 4. The number of rotatable bonds is 9. The van der Waals surface area contributed by atoms with Crippen molar-refractivity contribution < 1.29 is 14.2 Å². The van der Waals surface area contributed by atoms with Crippen LogP contribution in [-0.2, 0) is 15.9 Å². The maximum absolute atomic E-state index is 5.81. The lowest BCUT2D eigenvalue weighted by Crippen LogP contribution is -2.18. The van der Waals surface area contributed by atoms with Crippen LogP contribution in [0.3, 0.4) is 0 Å². The monoisotopic (exact) mass is 253 g/mol. The summed E-state index contributed by atoms with van der Waals surface area (Å²) in [6, 6.07) is 8.11. The Morgan fingerprint density at radius 3 is 2.56 bits per heavy atom. The van der Waals surface area contributed by atoms with Crippen LogP contribution in [-0.4, -0.2) is 39.6 Å². The predicted molar refractivity (Wildman–Crippen MR) is 72.0 cm³/mol. The maximum atomic E-state index is 5.81. The van der Waals surface area contributed by atoms with Gasteiger partial charge in [-0.15, -0.1) is 0 Å². The minimum absolute atomic E-state index is 0.132. The topological polar surface area (TPSA) is 53.7 Å². The molecule has 0 aliphatic carbocycles. The molecule has 4 nitrogen and oxygen atoms in total. The van der Waals surface area contributed by atoms with Crippen molar-refractivity contribution in [1.29, 1.82) is 0 Å². The number of hydrogen-bond donors (Lipinski definition) is 1. The van der Waals surface area contributed by atoms with Crippen molar-refractivity contribution in [2.24, 2.45) is 5.73 Å². The van der Waals surface area contributed by atoms with Gasteiger partial charge >= 0.3 is 0 Å². The molecule has 2 N–H and O–H groups in total. The van der Waals surface area contributed by atoms with Gasteiger partial charge in [0.1, 0.15) is 12.4 Å². The first-order valence-corrected chi connectivity index (χ1v) is 6.27. The predicted octanol–water partition coefficient (Wildman–Crippen LogP) is 1.62. The van der Waals surface area contributed by atoms with Crippen molar-refractivity contribution in [3.8, 4) is 5.75 Å².